The van der Waals surface area contributed by atoms with Crippen molar-refractivity contribution in [2.75, 3.05) is 11.4 Å². The van der Waals surface area contributed by atoms with Gasteiger partial charge in [0.1, 0.15) is 5.75 Å². The van der Waals surface area contributed by atoms with E-state index in [1.165, 1.54) is 27.7 Å². The van der Waals surface area contributed by atoms with Crippen LogP contribution in [0.15, 0.2) is 66.7 Å². The first-order valence-electron chi connectivity index (χ1n) is 9.03. The average Bonchev–Trinajstić information content (AvgIpc) is 2.65. The Morgan fingerprint density at radius 3 is 2.42 bits per heavy atom. The minimum atomic E-state index is 0.384. The lowest BCUT2D eigenvalue weighted by Crippen LogP contribution is -2.27. The molecule has 3 rings (SSSR count). The summed E-state index contributed by atoms with van der Waals surface area (Å²) in [4.78, 5) is 2.41. The molecule has 3 heteroatoms. The van der Waals surface area contributed by atoms with E-state index in [1.54, 1.807) is 6.07 Å². The second-order valence-electron chi connectivity index (χ2n) is 6.61. The number of rotatable bonds is 6. The van der Waals surface area contributed by atoms with Crippen molar-refractivity contribution in [2.24, 2.45) is 0 Å². The Labute approximate surface area is 158 Å². The predicted molar refractivity (Wildman–Crippen MR) is 115 cm³/mol. The van der Waals surface area contributed by atoms with E-state index >= 15 is 0 Å². The fourth-order valence-electron chi connectivity index (χ4n) is 3.13. The van der Waals surface area contributed by atoms with Crippen molar-refractivity contribution in [3.05, 3.63) is 83.4 Å². The van der Waals surface area contributed by atoms with Gasteiger partial charge in [-0.1, -0.05) is 62.7 Å². The van der Waals surface area contributed by atoms with Gasteiger partial charge in [-0.3, -0.25) is 0 Å². The number of hydrogen-bond acceptors (Lipinski definition) is 2. The number of hydrogen-bond donors (Lipinski definition) is 1. The second-order valence-corrected chi connectivity index (χ2v) is 7.90. The van der Waals surface area contributed by atoms with Crippen molar-refractivity contribution in [2.45, 2.75) is 27.3 Å². The summed E-state index contributed by atoms with van der Waals surface area (Å²) in [6.45, 7) is 8.25. The van der Waals surface area contributed by atoms with Gasteiger partial charge in [0.15, 0.2) is 0 Å². The summed E-state index contributed by atoms with van der Waals surface area (Å²) in [5, 5.41) is 12.6. The van der Waals surface area contributed by atoms with Crippen molar-refractivity contribution < 1.29 is 5.11 Å². The van der Waals surface area contributed by atoms with E-state index < -0.39 is 0 Å². The summed E-state index contributed by atoms with van der Waals surface area (Å²) >= 11 is 0. The van der Waals surface area contributed by atoms with Crippen LogP contribution in [0, 0.1) is 13.8 Å². The van der Waals surface area contributed by atoms with Gasteiger partial charge in [0.2, 0.25) is 0 Å². The monoisotopic (exact) mass is 363 g/mol. The molecule has 3 aromatic carbocycles. The third-order valence-electron chi connectivity index (χ3n) is 4.60. The van der Waals surface area contributed by atoms with Gasteiger partial charge in [0.25, 0.3) is 0 Å². The molecule has 2 nitrogen and oxygen atoms in total. The number of aromatic hydroxyl groups is 1. The van der Waals surface area contributed by atoms with Crippen LogP contribution in [0.2, 0.25) is 0 Å². The molecule has 26 heavy (non-hydrogen) atoms. The Morgan fingerprint density at radius 1 is 0.923 bits per heavy atom. The molecule has 0 aromatic heterocycles. The third-order valence-corrected chi connectivity index (χ3v) is 6.17. The van der Waals surface area contributed by atoms with Crippen LogP contribution in [0.1, 0.15) is 23.6 Å². The van der Waals surface area contributed by atoms with Gasteiger partial charge in [0.05, 0.1) is 0 Å². The number of nitrogens with zero attached hydrogens (tertiary/aromatic N) is 1. The first kappa shape index (κ1) is 18.5. The van der Waals surface area contributed by atoms with Gasteiger partial charge >= 0.3 is 0 Å². The van der Waals surface area contributed by atoms with Gasteiger partial charge in [-0.2, -0.15) is 0 Å². The Balaban J connectivity index is 1.97. The molecule has 0 spiro atoms. The summed E-state index contributed by atoms with van der Waals surface area (Å²) in [7, 11) is 0.434. The molecule has 1 N–H and O–H groups in total. The second kappa shape index (κ2) is 8.38. The highest BCUT2D eigenvalue weighted by atomic mass is 31.1. The zero-order valence-corrected chi connectivity index (χ0v) is 16.7. The minimum absolute atomic E-state index is 0.384. The number of aryl methyl sites for hydroxylation is 2. The maximum atomic E-state index is 10.3. The van der Waals surface area contributed by atoms with Crippen molar-refractivity contribution in [1.82, 2.24) is 0 Å². The fraction of sp³-hybridized carbons (Fsp3) is 0.217. The fourth-order valence-corrected chi connectivity index (χ4v) is 4.56. The molecule has 0 aliphatic rings. The normalized spacial score (nSPS) is 11.2. The van der Waals surface area contributed by atoms with Crippen molar-refractivity contribution in [3.63, 3.8) is 0 Å². The van der Waals surface area contributed by atoms with Crippen LogP contribution in [-0.2, 0) is 6.54 Å². The highest BCUT2D eigenvalue weighted by Crippen LogP contribution is 2.27. The molecule has 0 radical (unpaired) electrons. The van der Waals surface area contributed by atoms with E-state index in [-0.39, 0.29) is 0 Å². The molecule has 0 bridgehead atoms. The molecule has 0 aliphatic heterocycles. The number of anilines is 1. The summed E-state index contributed by atoms with van der Waals surface area (Å²) in [6, 6.07) is 22.9. The van der Waals surface area contributed by atoms with Crippen LogP contribution in [0.3, 0.4) is 0 Å². The van der Waals surface area contributed by atoms with E-state index in [9.17, 15) is 5.11 Å². The van der Waals surface area contributed by atoms with Crippen LogP contribution in [0.5, 0.6) is 5.75 Å². The first-order valence-corrected chi connectivity index (χ1v) is 10.0. The van der Waals surface area contributed by atoms with E-state index in [1.807, 2.05) is 6.07 Å². The molecule has 0 heterocycles. The molecule has 0 aliphatic carbocycles. The SMILES string of the molecule is CCN(Cc1ccccc1)c1cccc(C)c1Pc1cc(C)ccc1O. The Kier molecular flexibility index (Phi) is 5.96. The summed E-state index contributed by atoms with van der Waals surface area (Å²) in [5.74, 6) is 0.384. The van der Waals surface area contributed by atoms with Gasteiger partial charge in [-0.25, -0.2) is 0 Å². The molecule has 1 atom stereocenters. The van der Waals surface area contributed by atoms with Crippen LogP contribution < -0.4 is 15.5 Å². The molecule has 3 aromatic rings. The van der Waals surface area contributed by atoms with Crippen molar-refractivity contribution in [1.29, 1.82) is 0 Å². The number of benzene rings is 3. The third kappa shape index (κ3) is 4.26. The average molecular weight is 363 g/mol. The van der Waals surface area contributed by atoms with Crippen LogP contribution in [0.25, 0.3) is 0 Å². The molecule has 0 saturated carbocycles. The van der Waals surface area contributed by atoms with E-state index in [4.69, 9.17) is 0 Å². The largest absolute Gasteiger partial charge is 0.507 e. The first-order chi connectivity index (χ1) is 12.6. The van der Waals surface area contributed by atoms with Gasteiger partial charge in [-0.15, -0.1) is 0 Å². The smallest absolute Gasteiger partial charge is 0.123 e. The van der Waals surface area contributed by atoms with Gasteiger partial charge in [0, 0.05) is 29.4 Å². The predicted octanol–water partition coefficient (Wildman–Crippen LogP) is 4.66. The summed E-state index contributed by atoms with van der Waals surface area (Å²) < 4.78 is 0. The summed E-state index contributed by atoms with van der Waals surface area (Å²) in [6.07, 6.45) is 0. The Hall–Kier alpha value is -2.31. The van der Waals surface area contributed by atoms with E-state index in [2.05, 4.69) is 80.3 Å². The lowest BCUT2D eigenvalue weighted by molar-refractivity contribution is 0.479. The van der Waals surface area contributed by atoms with Crippen LogP contribution in [-0.4, -0.2) is 11.7 Å². The molecule has 0 saturated heterocycles. The van der Waals surface area contributed by atoms with Gasteiger partial charge < -0.3 is 10.0 Å². The highest BCUT2D eigenvalue weighted by molar-refractivity contribution is 7.56. The molecule has 0 amide bonds. The topological polar surface area (TPSA) is 23.5 Å². The maximum Gasteiger partial charge on any atom is 0.123 e. The van der Waals surface area contributed by atoms with Crippen molar-refractivity contribution in [3.8, 4) is 5.75 Å². The molecule has 1 unspecified atom stereocenters. The lowest BCUT2D eigenvalue weighted by Gasteiger charge is -2.27. The Morgan fingerprint density at radius 2 is 1.69 bits per heavy atom. The van der Waals surface area contributed by atoms with E-state index in [0.29, 0.717) is 14.3 Å². The standard InChI is InChI=1S/C23H26NOP/c1-4-24(16-19-10-6-5-7-11-19)20-12-8-9-18(3)23(20)26-22-15-17(2)13-14-21(22)25/h5-15,25-26H,4,16H2,1-3H3. The van der Waals surface area contributed by atoms with Crippen LogP contribution >= 0.6 is 8.58 Å². The quantitative estimate of drug-likeness (QED) is 0.644. The lowest BCUT2D eigenvalue weighted by atomic mass is 10.1. The molecular weight excluding hydrogens is 337 g/mol. The number of phenolic OH excluding ortho intramolecular Hbond substituents is 1. The molecule has 134 valence electrons. The molecule has 0 fully saturated rings. The zero-order valence-electron chi connectivity index (χ0n) is 15.7. The van der Waals surface area contributed by atoms with Crippen LogP contribution in [0.4, 0.5) is 5.69 Å². The summed E-state index contributed by atoms with van der Waals surface area (Å²) in [5.41, 5.74) is 5.02. The Bertz CT molecular complexity index is 877. The molecular formula is C23H26NOP. The number of phenols is 1. The van der Waals surface area contributed by atoms with E-state index in [0.717, 1.165) is 18.4 Å². The zero-order chi connectivity index (χ0) is 18.5. The van der Waals surface area contributed by atoms with Crippen molar-refractivity contribution >= 4 is 24.9 Å². The van der Waals surface area contributed by atoms with Gasteiger partial charge in [-0.05, 0) is 50.1 Å². The highest BCUT2D eigenvalue weighted by Gasteiger charge is 2.14. The maximum absolute atomic E-state index is 10.3. The minimum Gasteiger partial charge on any atom is -0.507 e.